The highest BCUT2D eigenvalue weighted by Crippen LogP contribution is 2.42. The van der Waals surface area contributed by atoms with Gasteiger partial charge >= 0.3 is 5.69 Å². The van der Waals surface area contributed by atoms with Gasteiger partial charge in [-0.1, -0.05) is 0 Å². The summed E-state index contributed by atoms with van der Waals surface area (Å²) in [4.78, 5) is 26.5. The molecule has 1 aromatic rings. The van der Waals surface area contributed by atoms with Crippen LogP contribution in [0.4, 0.5) is 10.2 Å². The fourth-order valence-electron chi connectivity index (χ4n) is 2.21. The number of amides is 1. The highest BCUT2D eigenvalue weighted by molar-refractivity contribution is 5.81. The average Bonchev–Trinajstić information content (AvgIpc) is 2.72. The molecule has 9 heteroatoms. The van der Waals surface area contributed by atoms with Crippen molar-refractivity contribution in [1.82, 2.24) is 9.55 Å². The van der Waals surface area contributed by atoms with Crippen LogP contribution in [0.1, 0.15) is 19.6 Å². The van der Waals surface area contributed by atoms with Crippen LogP contribution in [-0.4, -0.2) is 33.3 Å². The van der Waals surface area contributed by atoms with Crippen LogP contribution in [0.25, 0.3) is 0 Å². The molecule has 3 atom stereocenters. The van der Waals surface area contributed by atoms with E-state index in [2.05, 4.69) is 4.98 Å². The molecule has 5 N–H and O–H groups in total. The number of carbonyl (C=O) groups excluding carboxylic acids is 1. The maximum Gasteiger partial charge on any atom is 0.351 e. The third-order valence-corrected chi connectivity index (χ3v) is 3.60. The Morgan fingerprint density at radius 1 is 1.75 bits per heavy atom. The van der Waals surface area contributed by atoms with Gasteiger partial charge in [-0.25, -0.2) is 9.18 Å². The van der Waals surface area contributed by atoms with Crippen molar-refractivity contribution in [2.45, 2.75) is 25.7 Å². The predicted molar refractivity (Wildman–Crippen MR) is 65.8 cm³/mol. The number of primary amides is 1. The maximum atomic E-state index is 13.4. The van der Waals surface area contributed by atoms with Gasteiger partial charge in [0, 0.05) is 6.42 Å². The smallest absolute Gasteiger partial charge is 0.351 e. The van der Waals surface area contributed by atoms with Crippen molar-refractivity contribution in [3.05, 3.63) is 22.5 Å². The van der Waals surface area contributed by atoms with E-state index in [1.54, 1.807) is 0 Å². The van der Waals surface area contributed by atoms with Gasteiger partial charge in [0.05, 0.1) is 24.3 Å². The first kappa shape index (κ1) is 14.4. The molecule has 8 nitrogen and oxygen atoms in total. The third-order valence-electron chi connectivity index (χ3n) is 3.60. The Kier molecular flexibility index (Phi) is 3.48. The highest BCUT2D eigenvalue weighted by Gasteiger charge is 2.50. The van der Waals surface area contributed by atoms with Crippen molar-refractivity contribution >= 4 is 11.7 Å². The number of halogens is 1. The van der Waals surface area contributed by atoms with Crippen LogP contribution in [0.3, 0.4) is 0 Å². The van der Waals surface area contributed by atoms with Crippen LogP contribution < -0.4 is 17.2 Å². The number of nitrogen functional groups attached to an aromatic ring is 1. The number of ether oxygens (including phenoxy) is 1. The summed E-state index contributed by atoms with van der Waals surface area (Å²) in [5.41, 5.74) is 8.53. The molecule has 20 heavy (non-hydrogen) atoms. The lowest BCUT2D eigenvalue weighted by Gasteiger charge is -2.23. The molecular formula is C11H15FN4O4. The summed E-state index contributed by atoms with van der Waals surface area (Å²) in [6.07, 6.45) is -0.938. The number of anilines is 1. The lowest BCUT2D eigenvalue weighted by Crippen LogP contribution is -2.42. The van der Waals surface area contributed by atoms with E-state index in [-0.39, 0.29) is 6.42 Å². The number of carbonyl (C=O) groups is 1. The van der Waals surface area contributed by atoms with Crippen LogP contribution in [0.15, 0.2) is 11.0 Å². The zero-order chi connectivity index (χ0) is 15.1. The largest absolute Gasteiger partial charge is 0.394 e. The summed E-state index contributed by atoms with van der Waals surface area (Å²) < 4.78 is 19.7. The maximum absolute atomic E-state index is 13.4. The second-order valence-corrected chi connectivity index (χ2v) is 4.91. The second kappa shape index (κ2) is 4.84. The number of aliphatic hydroxyl groups excluding tert-OH is 1. The molecule has 2 rings (SSSR count). The molecule has 0 aromatic carbocycles. The molecule has 0 saturated carbocycles. The van der Waals surface area contributed by atoms with E-state index in [0.717, 1.165) is 10.8 Å². The van der Waals surface area contributed by atoms with Crippen molar-refractivity contribution in [1.29, 1.82) is 0 Å². The van der Waals surface area contributed by atoms with Crippen LogP contribution >= 0.6 is 0 Å². The number of aliphatic hydroxyl groups is 1. The Balaban J connectivity index is 2.40. The second-order valence-electron chi connectivity index (χ2n) is 4.91. The Hall–Kier alpha value is -2.00. The lowest BCUT2D eigenvalue weighted by molar-refractivity contribution is -0.131. The SMILES string of the molecule is C[C@]1(C(N)=O)C[C@H](n2cc(F)c(N)nc2=O)O[C@@H]1CO. The van der Waals surface area contributed by atoms with Crippen molar-refractivity contribution in [3.63, 3.8) is 0 Å². The standard InChI is InChI=1S/C11H15FN4O4/c1-11(9(14)18)2-7(20-6(11)4-17)16-3-5(12)8(13)15-10(16)19/h3,6-7,17H,2,4H2,1H3,(H2,14,18)(H2,13,15,19)/t6-,7-,11+/m1/s1. The number of aromatic nitrogens is 2. The highest BCUT2D eigenvalue weighted by atomic mass is 19.1. The Labute approximate surface area is 113 Å². The molecule has 2 heterocycles. The molecule has 0 radical (unpaired) electrons. The van der Waals surface area contributed by atoms with E-state index >= 15 is 0 Å². The van der Waals surface area contributed by atoms with Crippen molar-refractivity contribution in [2.75, 3.05) is 12.3 Å². The first-order valence-electron chi connectivity index (χ1n) is 5.90. The minimum atomic E-state index is -1.16. The summed E-state index contributed by atoms with van der Waals surface area (Å²) in [6, 6.07) is 0. The zero-order valence-corrected chi connectivity index (χ0v) is 10.7. The first-order chi connectivity index (χ1) is 9.29. The molecule has 0 spiro atoms. The number of hydrogen-bond acceptors (Lipinski definition) is 6. The van der Waals surface area contributed by atoms with E-state index < -0.39 is 47.6 Å². The van der Waals surface area contributed by atoms with Crippen molar-refractivity contribution in [2.24, 2.45) is 11.1 Å². The lowest BCUT2D eigenvalue weighted by atomic mass is 9.82. The minimum Gasteiger partial charge on any atom is -0.394 e. The van der Waals surface area contributed by atoms with Crippen LogP contribution in [0, 0.1) is 11.2 Å². The molecular weight excluding hydrogens is 271 g/mol. The van der Waals surface area contributed by atoms with E-state index in [4.69, 9.17) is 16.2 Å². The molecule has 110 valence electrons. The molecule has 0 aliphatic carbocycles. The zero-order valence-electron chi connectivity index (χ0n) is 10.7. The minimum absolute atomic E-state index is 0.0263. The van der Waals surface area contributed by atoms with Crippen LogP contribution in [0.5, 0.6) is 0 Å². The average molecular weight is 286 g/mol. The molecule has 1 saturated heterocycles. The van der Waals surface area contributed by atoms with Gasteiger partial charge in [-0.2, -0.15) is 4.98 Å². The van der Waals surface area contributed by atoms with Gasteiger partial charge in [0.2, 0.25) is 5.91 Å². The molecule has 0 unspecified atom stereocenters. The summed E-state index contributed by atoms with van der Waals surface area (Å²) in [5.74, 6) is -2.06. The van der Waals surface area contributed by atoms with E-state index in [1.165, 1.54) is 6.92 Å². The first-order valence-corrected chi connectivity index (χ1v) is 5.90. The Morgan fingerprint density at radius 2 is 2.40 bits per heavy atom. The van der Waals surface area contributed by atoms with Crippen LogP contribution in [-0.2, 0) is 9.53 Å². The fraction of sp³-hybridized carbons (Fsp3) is 0.545. The van der Waals surface area contributed by atoms with Crippen molar-refractivity contribution in [3.8, 4) is 0 Å². The van der Waals surface area contributed by atoms with E-state index in [1.807, 2.05) is 0 Å². The van der Waals surface area contributed by atoms with Gasteiger partial charge in [0.1, 0.15) is 6.23 Å². The summed E-state index contributed by atoms with van der Waals surface area (Å²) in [6.45, 7) is 1.07. The summed E-state index contributed by atoms with van der Waals surface area (Å²) in [5, 5.41) is 9.25. The van der Waals surface area contributed by atoms with Crippen molar-refractivity contribution < 1.29 is 19.0 Å². The Morgan fingerprint density at radius 3 is 2.90 bits per heavy atom. The third kappa shape index (κ3) is 2.14. The fourth-order valence-corrected chi connectivity index (χ4v) is 2.21. The topological polar surface area (TPSA) is 133 Å². The van der Waals surface area contributed by atoms with Gasteiger partial charge < -0.3 is 21.3 Å². The molecule has 1 aromatic heterocycles. The molecule has 1 fully saturated rings. The number of hydrogen-bond donors (Lipinski definition) is 3. The molecule has 1 aliphatic rings. The van der Waals surface area contributed by atoms with Crippen LogP contribution in [0.2, 0.25) is 0 Å². The Bertz CT molecular complexity index is 605. The van der Waals surface area contributed by atoms with Gasteiger partial charge in [-0.05, 0) is 6.92 Å². The normalized spacial score (nSPS) is 29.6. The van der Waals surface area contributed by atoms with Gasteiger partial charge in [-0.15, -0.1) is 0 Å². The molecule has 1 aliphatic heterocycles. The van der Waals surface area contributed by atoms with E-state index in [9.17, 15) is 19.1 Å². The number of nitrogens with two attached hydrogens (primary N) is 2. The van der Waals surface area contributed by atoms with Gasteiger partial charge in [-0.3, -0.25) is 9.36 Å². The summed E-state index contributed by atoms with van der Waals surface area (Å²) >= 11 is 0. The monoisotopic (exact) mass is 286 g/mol. The summed E-state index contributed by atoms with van der Waals surface area (Å²) in [7, 11) is 0. The predicted octanol–water partition coefficient (Wildman–Crippen LogP) is -1.26. The van der Waals surface area contributed by atoms with Gasteiger partial charge in [0.15, 0.2) is 11.6 Å². The molecule has 1 amide bonds. The van der Waals surface area contributed by atoms with Gasteiger partial charge in [0.25, 0.3) is 0 Å². The quantitative estimate of drug-likeness (QED) is 0.634. The van der Waals surface area contributed by atoms with E-state index in [0.29, 0.717) is 0 Å². The molecule has 0 bridgehead atoms. The number of rotatable bonds is 3. The number of nitrogens with zero attached hydrogens (tertiary/aromatic N) is 2.